The fourth-order valence-electron chi connectivity index (χ4n) is 5.96. The number of amides is 2. The van der Waals surface area contributed by atoms with Crippen LogP contribution in [-0.2, 0) is 21.8 Å². The van der Waals surface area contributed by atoms with Crippen molar-refractivity contribution in [1.82, 2.24) is 20.3 Å². The average Bonchev–Trinajstić information content (AvgIpc) is 3.63. The topological polar surface area (TPSA) is 114 Å². The Morgan fingerprint density at radius 3 is 2.54 bits per heavy atom. The lowest BCUT2D eigenvalue weighted by Gasteiger charge is -2.25. The molecule has 6 rings (SSSR count). The van der Waals surface area contributed by atoms with Crippen molar-refractivity contribution in [3.63, 3.8) is 0 Å². The van der Waals surface area contributed by atoms with Crippen LogP contribution in [0.4, 0.5) is 10.5 Å². The number of carbonyl (C=O) groups excluding carboxylic acids is 1. The van der Waals surface area contributed by atoms with Crippen LogP contribution >= 0.6 is 0 Å². The zero-order valence-electron chi connectivity index (χ0n) is 22.3. The van der Waals surface area contributed by atoms with E-state index < -0.39 is 9.84 Å². The lowest BCUT2D eigenvalue weighted by atomic mass is 9.80. The number of rotatable bonds is 7. The minimum Gasteiger partial charge on any atom is -0.467 e. The fourth-order valence-corrected chi connectivity index (χ4v) is 6.85. The van der Waals surface area contributed by atoms with E-state index in [4.69, 9.17) is 9.72 Å². The van der Waals surface area contributed by atoms with Gasteiger partial charge in [-0.3, -0.25) is 9.88 Å². The highest BCUT2D eigenvalue weighted by atomic mass is 32.2. The van der Waals surface area contributed by atoms with E-state index in [2.05, 4.69) is 21.4 Å². The number of ether oxygens (including phenoxy) is 1. The third-order valence-electron chi connectivity index (χ3n) is 8.34. The summed E-state index contributed by atoms with van der Waals surface area (Å²) in [6.45, 7) is 2.56. The van der Waals surface area contributed by atoms with Crippen molar-refractivity contribution in [3.8, 4) is 17.3 Å². The van der Waals surface area contributed by atoms with E-state index in [9.17, 15) is 13.2 Å². The maximum atomic E-state index is 13.4. The van der Waals surface area contributed by atoms with Gasteiger partial charge in [-0.25, -0.2) is 18.2 Å². The van der Waals surface area contributed by atoms with Gasteiger partial charge in [0.1, 0.15) is 0 Å². The maximum Gasteiger partial charge on any atom is 0.322 e. The van der Waals surface area contributed by atoms with E-state index in [0.717, 1.165) is 66.7 Å². The van der Waals surface area contributed by atoms with Gasteiger partial charge in [-0.1, -0.05) is 31.9 Å². The summed E-state index contributed by atoms with van der Waals surface area (Å²) in [6.07, 6.45) is 10.2. The number of sulfone groups is 1. The number of methoxy groups -OCH3 is 1. The zero-order valence-corrected chi connectivity index (χ0v) is 23.1. The number of carbonyl (C=O) groups is 1. The van der Waals surface area contributed by atoms with Crippen LogP contribution < -0.4 is 15.0 Å². The second-order valence-electron chi connectivity index (χ2n) is 10.8. The van der Waals surface area contributed by atoms with Crippen molar-refractivity contribution in [2.24, 2.45) is 0 Å². The number of fused-ring (bicyclic) bond motifs is 2. The highest BCUT2D eigenvalue weighted by molar-refractivity contribution is 7.91. The molecule has 2 amide bonds. The molecular formula is C29H33N5O4S. The van der Waals surface area contributed by atoms with Gasteiger partial charge >= 0.3 is 12.0 Å². The summed E-state index contributed by atoms with van der Waals surface area (Å²) in [7, 11) is -1.68. The quantitative estimate of drug-likeness (QED) is 0.454. The number of aromatic nitrogens is 3. The first kappa shape index (κ1) is 25.7. The molecule has 1 spiro atoms. The van der Waals surface area contributed by atoms with Crippen molar-refractivity contribution in [3.05, 3.63) is 59.5 Å². The SMILES string of the molecule is CCS(=O)(=O)c1ccc(CNC(=O)N2CC3(CCCC3)c3cc(-c4cnc(OC)nc4C4CC4)ncc32)cc1. The summed E-state index contributed by atoms with van der Waals surface area (Å²) in [5, 5.41) is 3.03. The molecule has 1 aromatic carbocycles. The average molecular weight is 548 g/mol. The van der Waals surface area contributed by atoms with Crippen LogP contribution in [0.15, 0.2) is 47.6 Å². The monoisotopic (exact) mass is 547 g/mol. The predicted molar refractivity (Wildman–Crippen MR) is 148 cm³/mol. The molecule has 2 aromatic heterocycles. The highest BCUT2D eigenvalue weighted by Crippen LogP contribution is 2.51. The number of pyridine rings is 1. The fraction of sp³-hybridized carbons (Fsp3) is 0.448. The second-order valence-corrected chi connectivity index (χ2v) is 13.1. The first-order valence-corrected chi connectivity index (χ1v) is 15.3. The third kappa shape index (κ3) is 4.75. The predicted octanol–water partition coefficient (Wildman–Crippen LogP) is 4.76. The Labute approximate surface area is 229 Å². The van der Waals surface area contributed by atoms with Crippen LogP contribution in [-0.4, -0.2) is 48.8 Å². The minimum atomic E-state index is -3.25. The summed E-state index contributed by atoms with van der Waals surface area (Å²) in [5.74, 6) is 0.466. The van der Waals surface area contributed by atoms with Crippen molar-refractivity contribution in [2.75, 3.05) is 24.3 Å². The molecule has 2 fully saturated rings. The molecule has 204 valence electrons. The molecule has 0 saturated heterocycles. The molecular weight excluding hydrogens is 514 g/mol. The van der Waals surface area contributed by atoms with Gasteiger partial charge in [0.25, 0.3) is 0 Å². The first-order valence-electron chi connectivity index (χ1n) is 13.6. The van der Waals surface area contributed by atoms with Crippen LogP contribution in [0.5, 0.6) is 6.01 Å². The van der Waals surface area contributed by atoms with Gasteiger partial charge in [-0.2, -0.15) is 4.98 Å². The molecule has 0 atom stereocenters. The Kier molecular flexibility index (Phi) is 6.53. The number of nitrogens with zero attached hydrogens (tertiary/aromatic N) is 4. The normalized spacial score (nSPS) is 17.8. The Morgan fingerprint density at radius 1 is 1.13 bits per heavy atom. The molecule has 3 aliphatic rings. The molecule has 3 aromatic rings. The van der Waals surface area contributed by atoms with Crippen molar-refractivity contribution >= 4 is 21.6 Å². The molecule has 3 heterocycles. The Balaban J connectivity index is 1.26. The standard InChI is InChI=1S/C29H33N5O4S/c1-3-39(36,37)21-10-6-19(7-11-21)15-32-28(35)34-18-29(12-4-5-13-29)23-14-24(30-17-25(23)34)22-16-31-27(38-2)33-26(22)20-8-9-20/h6-7,10-11,14,16-17,20H,3-5,8-9,12-13,15,18H2,1-2H3,(H,32,35). The Hall–Kier alpha value is -3.53. The van der Waals surface area contributed by atoms with Crippen molar-refractivity contribution in [2.45, 2.75) is 68.2 Å². The Morgan fingerprint density at radius 2 is 1.87 bits per heavy atom. The van der Waals surface area contributed by atoms with Gasteiger partial charge in [-0.15, -0.1) is 0 Å². The largest absolute Gasteiger partial charge is 0.467 e. The molecule has 10 heteroatoms. The summed E-state index contributed by atoms with van der Waals surface area (Å²) < 4.78 is 29.5. The molecule has 2 aliphatic carbocycles. The lowest BCUT2D eigenvalue weighted by Crippen LogP contribution is -2.41. The smallest absolute Gasteiger partial charge is 0.322 e. The van der Waals surface area contributed by atoms with E-state index >= 15 is 0 Å². The number of urea groups is 1. The van der Waals surface area contributed by atoms with E-state index in [1.807, 2.05) is 17.3 Å². The number of benzene rings is 1. The molecule has 0 radical (unpaired) electrons. The van der Waals surface area contributed by atoms with E-state index in [-0.39, 0.29) is 17.2 Å². The summed E-state index contributed by atoms with van der Waals surface area (Å²) >= 11 is 0. The van der Waals surface area contributed by atoms with E-state index in [0.29, 0.717) is 29.9 Å². The number of hydrogen-bond donors (Lipinski definition) is 1. The van der Waals surface area contributed by atoms with Gasteiger partial charge in [0.05, 0.1) is 41.0 Å². The second kappa shape index (κ2) is 9.89. The number of hydrogen-bond acceptors (Lipinski definition) is 7. The highest BCUT2D eigenvalue weighted by Gasteiger charge is 2.47. The molecule has 0 bridgehead atoms. The minimum absolute atomic E-state index is 0.0579. The van der Waals surface area contributed by atoms with Gasteiger partial charge in [0, 0.05) is 36.2 Å². The maximum absolute atomic E-state index is 13.4. The van der Waals surface area contributed by atoms with Crippen molar-refractivity contribution in [1.29, 1.82) is 0 Å². The zero-order chi connectivity index (χ0) is 27.2. The molecule has 9 nitrogen and oxygen atoms in total. The van der Waals surface area contributed by atoms with Gasteiger partial charge in [0.2, 0.25) is 0 Å². The Bertz CT molecular complexity index is 1510. The number of anilines is 1. The van der Waals surface area contributed by atoms with Gasteiger partial charge < -0.3 is 10.1 Å². The van der Waals surface area contributed by atoms with Crippen LogP contribution in [0, 0.1) is 0 Å². The third-order valence-corrected chi connectivity index (χ3v) is 10.1. The summed E-state index contributed by atoms with van der Waals surface area (Å²) in [5.41, 5.74) is 5.55. The van der Waals surface area contributed by atoms with E-state index in [1.165, 1.54) is 5.56 Å². The summed E-state index contributed by atoms with van der Waals surface area (Å²) in [4.78, 5) is 29.4. The van der Waals surface area contributed by atoms with Crippen LogP contribution in [0.25, 0.3) is 11.3 Å². The van der Waals surface area contributed by atoms with Gasteiger partial charge in [-0.05, 0) is 55.0 Å². The molecule has 2 saturated carbocycles. The van der Waals surface area contributed by atoms with Crippen molar-refractivity contribution < 1.29 is 17.9 Å². The summed E-state index contributed by atoms with van der Waals surface area (Å²) in [6, 6.07) is 9.05. The molecule has 1 aliphatic heterocycles. The molecule has 39 heavy (non-hydrogen) atoms. The number of nitrogens with one attached hydrogen (secondary N) is 1. The molecule has 0 unspecified atom stereocenters. The first-order chi connectivity index (χ1) is 18.8. The van der Waals surface area contributed by atoms with E-state index in [1.54, 1.807) is 38.3 Å². The van der Waals surface area contributed by atoms with Crippen LogP contribution in [0.1, 0.15) is 68.2 Å². The van der Waals surface area contributed by atoms with Crippen LogP contribution in [0.3, 0.4) is 0 Å². The lowest BCUT2D eigenvalue weighted by molar-refractivity contribution is 0.245. The van der Waals surface area contributed by atoms with Crippen LogP contribution in [0.2, 0.25) is 0 Å². The van der Waals surface area contributed by atoms with Gasteiger partial charge in [0.15, 0.2) is 9.84 Å². The molecule has 1 N–H and O–H groups in total.